The van der Waals surface area contributed by atoms with Gasteiger partial charge in [0.05, 0.1) is 5.75 Å². The molecule has 0 aromatic heterocycles. The number of nitrogens with zero attached hydrogens (tertiary/aromatic N) is 1. The third-order valence-corrected chi connectivity index (χ3v) is 4.94. The maximum atomic E-state index is 13.6. The van der Waals surface area contributed by atoms with Crippen molar-refractivity contribution in [1.29, 1.82) is 0 Å². The van der Waals surface area contributed by atoms with Crippen molar-refractivity contribution in [3.05, 3.63) is 35.6 Å². The minimum absolute atomic E-state index is 0.0151. The summed E-state index contributed by atoms with van der Waals surface area (Å²) in [7, 11) is -1.94. The average Bonchev–Trinajstić information content (AvgIpc) is 2.35. The molecule has 0 aliphatic carbocycles. The topological polar surface area (TPSA) is 63.4 Å². The first-order chi connectivity index (χ1) is 8.40. The molecule has 0 amide bonds. The highest BCUT2D eigenvalue weighted by atomic mass is 32.2. The molecule has 0 bridgehead atoms. The van der Waals surface area contributed by atoms with Gasteiger partial charge in [-0.15, -0.1) is 0 Å². The van der Waals surface area contributed by atoms with E-state index in [0.717, 1.165) is 0 Å². The van der Waals surface area contributed by atoms with Crippen LogP contribution in [0, 0.1) is 5.82 Å². The molecule has 0 aliphatic rings. The summed E-state index contributed by atoms with van der Waals surface area (Å²) in [4.78, 5) is 0. The smallest absolute Gasteiger partial charge is 0.214 e. The van der Waals surface area contributed by atoms with Crippen molar-refractivity contribution in [2.24, 2.45) is 5.73 Å². The molecule has 6 heteroatoms. The summed E-state index contributed by atoms with van der Waals surface area (Å²) in [6.07, 6.45) is 0.399. The van der Waals surface area contributed by atoms with Crippen molar-refractivity contribution in [1.82, 2.24) is 4.31 Å². The Morgan fingerprint density at radius 1 is 1.39 bits per heavy atom. The molecule has 18 heavy (non-hydrogen) atoms. The van der Waals surface area contributed by atoms with Gasteiger partial charge in [0.2, 0.25) is 10.0 Å². The van der Waals surface area contributed by atoms with E-state index in [2.05, 4.69) is 0 Å². The second-order valence-electron chi connectivity index (χ2n) is 4.17. The van der Waals surface area contributed by atoms with Crippen molar-refractivity contribution < 1.29 is 12.8 Å². The lowest BCUT2D eigenvalue weighted by Crippen LogP contribution is -2.32. The van der Waals surface area contributed by atoms with E-state index < -0.39 is 21.9 Å². The van der Waals surface area contributed by atoms with Crippen LogP contribution >= 0.6 is 0 Å². The number of hydrogen-bond donors (Lipinski definition) is 1. The lowest BCUT2D eigenvalue weighted by atomic mass is 10.1. The van der Waals surface area contributed by atoms with E-state index in [1.807, 2.05) is 0 Å². The fourth-order valence-electron chi connectivity index (χ4n) is 1.66. The van der Waals surface area contributed by atoms with Gasteiger partial charge in [-0.05, 0) is 26.0 Å². The highest BCUT2D eigenvalue weighted by Gasteiger charge is 2.25. The van der Waals surface area contributed by atoms with E-state index >= 15 is 0 Å². The molecule has 4 nitrogen and oxygen atoms in total. The van der Waals surface area contributed by atoms with E-state index in [-0.39, 0.29) is 5.75 Å². The van der Waals surface area contributed by atoms with Gasteiger partial charge in [-0.25, -0.2) is 12.8 Å². The standard InChI is InChI=1S/C12H19FN2O2S/c1-10(11-6-3-4-7-12(11)13)15(2)18(16,17)9-5-8-14/h3-4,6-7,10H,5,8-9,14H2,1-2H3. The van der Waals surface area contributed by atoms with Crippen molar-refractivity contribution in [3.63, 3.8) is 0 Å². The Morgan fingerprint density at radius 2 is 2.00 bits per heavy atom. The Kier molecular flexibility index (Phi) is 5.25. The zero-order valence-corrected chi connectivity index (χ0v) is 11.5. The van der Waals surface area contributed by atoms with Gasteiger partial charge >= 0.3 is 0 Å². The van der Waals surface area contributed by atoms with E-state index in [9.17, 15) is 12.8 Å². The Labute approximate surface area is 108 Å². The normalized spacial score (nSPS) is 13.8. The van der Waals surface area contributed by atoms with Crippen LogP contribution < -0.4 is 5.73 Å². The summed E-state index contributed by atoms with van der Waals surface area (Å²) in [5.41, 5.74) is 5.68. The number of sulfonamides is 1. The van der Waals surface area contributed by atoms with Gasteiger partial charge in [-0.2, -0.15) is 4.31 Å². The molecule has 0 aliphatic heterocycles. The molecule has 1 aromatic rings. The van der Waals surface area contributed by atoms with Crippen molar-refractivity contribution in [2.45, 2.75) is 19.4 Å². The van der Waals surface area contributed by atoms with Crippen molar-refractivity contribution in [2.75, 3.05) is 19.3 Å². The summed E-state index contributed by atoms with van der Waals surface area (Å²) in [5, 5.41) is 0. The van der Waals surface area contributed by atoms with Crippen molar-refractivity contribution in [3.8, 4) is 0 Å². The first kappa shape index (κ1) is 15.1. The molecule has 0 saturated heterocycles. The Bertz CT molecular complexity index is 491. The van der Waals surface area contributed by atoms with Crippen LogP contribution in [0.2, 0.25) is 0 Å². The summed E-state index contributed by atoms with van der Waals surface area (Å²) < 4.78 is 38.7. The number of rotatable bonds is 6. The largest absolute Gasteiger partial charge is 0.330 e. The minimum Gasteiger partial charge on any atom is -0.330 e. The lowest BCUT2D eigenvalue weighted by molar-refractivity contribution is 0.387. The first-order valence-corrected chi connectivity index (χ1v) is 7.41. The van der Waals surface area contributed by atoms with Crippen LogP contribution in [-0.2, 0) is 10.0 Å². The predicted molar refractivity (Wildman–Crippen MR) is 70.0 cm³/mol. The van der Waals surface area contributed by atoms with Crippen LogP contribution in [-0.4, -0.2) is 32.1 Å². The summed E-state index contributed by atoms with van der Waals surface area (Å²) >= 11 is 0. The van der Waals surface area contributed by atoms with Gasteiger partial charge < -0.3 is 5.73 Å². The quantitative estimate of drug-likeness (QED) is 0.855. The van der Waals surface area contributed by atoms with Gasteiger partial charge in [-0.3, -0.25) is 0 Å². The van der Waals surface area contributed by atoms with Crippen LogP contribution in [0.15, 0.2) is 24.3 Å². The van der Waals surface area contributed by atoms with Gasteiger partial charge in [0.1, 0.15) is 5.82 Å². The average molecular weight is 274 g/mol. The summed E-state index contributed by atoms with van der Waals surface area (Å²) in [6, 6.07) is 5.65. The van der Waals surface area contributed by atoms with Gasteiger partial charge in [0.25, 0.3) is 0 Å². The third-order valence-electron chi connectivity index (χ3n) is 2.95. The monoisotopic (exact) mass is 274 g/mol. The highest BCUT2D eigenvalue weighted by molar-refractivity contribution is 7.89. The molecule has 0 saturated carbocycles. The Balaban J connectivity index is 2.91. The zero-order valence-electron chi connectivity index (χ0n) is 10.6. The van der Waals surface area contributed by atoms with Crippen LogP contribution in [0.5, 0.6) is 0 Å². The SMILES string of the molecule is CC(c1ccccc1F)N(C)S(=O)(=O)CCCN. The molecule has 102 valence electrons. The minimum atomic E-state index is -3.40. The fourth-order valence-corrected chi connectivity index (χ4v) is 3.08. The molecular formula is C12H19FN2O2S. The first-order valence-electron chi connectivity index (χ1n) is 5.80. The molecule has 0 spiro atoms. The second-order valence-corrected chi connectivity index (χ2v) is 6.32. The van der Waals surface area contributed by atoms with E-state index in [1.54, 1.807) is 25.1 Å². The molecule has 1 atom stereocenters. The summed E-state index contributed by atoms with van der Waals surface area (Å²) in [6.45, 7) is 1.99. The van der Waals surface area contributed by atoms with E-state index in [0.29, 0.717) is 18.5 Å². The molecule has 0 heterocycles. The molecule has 1 rings (SSSR count). The number of benzene rings is 1. The molecule has 1 aromatic carbocycles. The van der Waals surface area contributed by atoms with E-state index in [4.69, 9.17) is 5.73 Å². The maximum Gasteiger partial charge on any atom is 0.214 e. The van der Waals surface area contributed by atoms with Crippen LogP contribution in [0.4, 0.5) is 4.39 Å². The number of nitrogens with two attached hydrogens (primary N) is 1. The maximum absolute atomic E-state index is 13.6. The second kappa shape index (κ2) is 6.26. The van der Waals surface area contributed by atoms with Crippen molar-refractivity contribution >= 4 is 10.0 Å². The Hall–Kier alpha value is -0.980. The summed E-state index contributed by atoms with van der Waals surface area (Å²) in [5.74, 6) is -0.412. The lowest BCUT2D eigenvalue weighted by Gasteiger charge is -2.24. The molecule has 0 radical (unpaired) electrons. The zero-order chi connectivity index (χ0) is 13.8. The van der Waals surface area contributed by atoms with Gasteiger partial charge in [0, 0.05) is 18.7 Å². The third kappa shape index (κ3) is 3.51. The van der Waals surface area contributed by atoms with Gasteiger partial charge in [0.15, 0.2) is 0 Å². The van der Waals surface area contributed by atoms with Crippen LogP contribution in [0.25, 0.3) is 0 Å². The predicted octanol–water partition coefficient (Wildman–Crippen LogP) is 1.50. The molecule has 1 unspecified atom stereocenters. The van der Waals surface area contributed by atoms with Crippen LogP contribution in [0.3, 0.4) is 0 Å². The highest BCUT2D eigenvalue weighted by Crippen LogP contribution is 2.24. The van der Waals surface area contributed by atoms with Gasteiger partial charge in [-0.1, -0.05) is 18.2 Å². The number of hydrogen-bond acceptors (Lipinski definition) is 3. The Morgan fingerprint density at radius 3 is 2.56 bits per heavy atom. The van der Waals surface area contributed by atoms with Crippen LogP contribution in [0.1, 0.15) is 24.9 Å². The number of halogens is 1. The molecular weight excluding hydrogens is 255 g/mol. The molecule has 2 N–H and O–H groups in total. The molecule has 0 fully saturated rings. The van der Waals surface area contributed by atoms with E-state index in [1.165, 1.54) is 17.4 Å². The fraction of sp³-hybridized carbons (Fsp3) is 0.500.